The Morgan fingerprint density at radius 1 is 1.24 bits per heavy atom. The number of rotatable bonds is 6. The first-order valence-electron chi connectivity index (χ1n) is 9.25. The molecule has 1 aliphatic heterocycles. The second kappa shape index (κ2) is 6.68. The molecule has 2 unspecified atom stereocenters. The maximum atomic E-state index is 6.34. The van der Waals surface area contributed by atoms with E-state index in [1.807, 2.05) is 24.5 Å². The van der Waals surface area contributed by atoms with Crippen molar-refractivity contribution >= 4 is 0 Å². The zero-order valence-electron chi connectivity index (χ0n) is 14.9. The molecule has 132 valence electrons. The van der Waals surface area contributed by atoms with Gasteiger partial charge >= 0.3 is 0 Å². The number of hydrogen-bond donors (Lipinski definition) is 1. The van der Waals surface area contributed by atoms with E-state index in [9.17, 15) is 0 Å². The summed E-state index contributed by atoms with van der Waals surface area (Å²) in [6.45, 7) is 4.89. The number of nitrogens with two attached hydrogens (primary N) is 1. The van der Waals surface area contributed by atoms with Crippen molar-refractivity contribution in [3.63, 3.8) is 0 Å². The lowest BCUT2D eigenvalue weighted by Gasteiger charge is -2.29. The lowest BCUT2D eigenvalue weighted by molar-refractivity contribution is 0.176. The van der Waals surface area contributed by atoms with Crippen LogP contribution in [-0.2, 0) is 0 Å². The molecule has 0 saturated heterocycles. The highest BCUT2D eigenvalue weighted by Crippen LogP contribution is 2.51. The molecule has 2 aromatic rings. The van der Waals surface area contributed by atoms with Gasteiger partial charge in [0.1, 0.15) is 24.2 Å². The third-order valence-electron chi connectivity index (χ3n) is 4.94. The summed E-state index contributed by atoms with van der Waals surface area (Å²) in [6.07, 6.45) is 7.35. The molecular formula is C21H26N2O2. The molecule has 2 atom stereocenters. The fourth-order valence-electron chi connectivity index (χ4n) is 3.62. The highest BCUT2D eigenvalue weighted by molar-refractivity contribution is 5.76. The van der Waals surface area contributed by atoms with Crippen molar-refractivity contribution in [2.75, 3.05) is 6.61 Å². The Kier molecular flexibility index (Phi) is 4.38. The Balaban J connectivity index is 1.56. The van der Waals surface area contributed by atoms with Gasteiger partial charge in [0, 0.05) is 41.5 Å². The maximum absolute atomic E-state index is 6.34. The van der Waals surface area contributed by atoms with Crippen LogP contribution in [0.4, 0.5) is 0 Å². The van der Waals surface area contributed by atoms with Crippen LogP contribution in [0.25, 0.3) is 11.1 Å². The topological polar surface area (TPSA) is 57.4 Å². The minimum Gasteiger partial charge on any atom is -0.492 e. The van der Waals surface area contributed by atoms with Crippen molar-refractivity contribution in [2.24, 2.45) is 17.6 Å². The number of nitrogens with zero attached hydrogens (tertiary/aromatic N) is 1. The third-order valence-corrected chi connectivity index (χ3v) is 4.94. The first-order chi connectivity index (χ1) is 12.1. The minimum absolute atomic E-state index is 0.0583. The first kappa shape index (κ1) is 16.4. The van der Waals surface area contributed by atoms with Crippen LogP contribution in [0.1, 0.15) is 44.8 Å². The molecule has 1 saturated carbocycles. The van der Waals surface area contributed by atoms with Crippen LogP contribution >= 0.6 is 0 Å². The molecule has 0 bridgehead atoms. The molecule has 0 radical (unpaired) electrons. The van der Waals surface area contributed by atoms with Gasteiger partial charge in [0.2, 0.25) is 0 Å². The fraction of sp³-hybridized carbons (Fsp3) is 0.476. The zero-order valence-corrected chi connectivity index (χ0v) is 14.9. The van der Waals surface area contributed by atoms with Gasteiger partial charge in [0.25, 0.3) is 0 Å². The highest BCUT2D eigenvalue weighted by Gasteiger charge is 2.38. The number of pyridine rings is 1. The average molecular weight is 338 g/mol. The Hall–Kier alpha value is -2.07. The predicted octanol–water partition coefficient (Wildman–Crippen LogP) is 4.34. The SMILES string of the molecule is CC(C)CC(N)COc1ccc2c(c1)OC(C1CC1)c1cnccc1-2. The average Bonchev–Trinajstić information content (AvgIpc) is 3.43. The predicted molar refractivity (Wildman–Crippen MR) is 98.7 cm³/mol. The van der Waals surface area contributed by atoms with Crippen molar-refractivity contribution < 1.29 is 9.47 Å². The Morgan fingerprint density at radius 3 is 2.84 bits per heavy atom. The summed E-state index contributed by atoms with van der Waals surface area (Å²) in [4.78, 5) is 4.30. The van der Waals surface area contributed by atoms with E-state index >= 15 is 0 Å². The van der Waals surface area contributed by atoms with E-state index in [-0.39, 0.29) is 12.1 Å². The zero-order chi connectivity index (χ0) is 17.4. The van der Waals surface area contributed by atoms with Gasteiger partial charge in [-0.1, -0.05) is 13.8 Å². The van der Waals surface area contributed by atoms with Crippen LogP contribution in [0.2, 0.25) is 0 Å². The molecule has 0 spiro atoms. The van der Waals surface area contributed by atoms with Gasteiger partial charge in [-0.15, -0.1) is 0 Å². The molecule has 0 amide bonds. The van der Waals surface area contributed by atoms with E-state index in [1.54, 1.807) is 0 Å². The van der Waals surface area contributed by atoms with Crippen LogP contribution in [0.5, 0.6) is 11.5 Å². The quantitative estimate of drug-likeness (QED) is 0.851. The van der Waals surface area contributed by atoms with Crippen LogP contribution in [0, 0.1) is 11.8 Å². The Morgan fingerprint density at radius 2 is 2.08 bits per heavy atom. The molecular weight excluding hydrogens is 312 g/mol. The van der Waals surface area contributed by atoms with E-state index in [0.717, 1.165) is 23.5 Å². The largest absolute Gasteiger partial charge is 0.492 e. The molecule has 2 N–H and O–H groups in total. The van der Waals surface area contributed by atoms with Crippen molar-refractivity contribution in [1.29, 1.82) is 0 Å². The number of aromatic nitrogens is 1. The van der Waals surface area contributed by atoms with Gasteiger partial charge in [-0.25, -0.2) is 0 Å². The monoisotopic (exact) mass is 338 g/mol. The van der Waals surface area contributed by atoms with E-state index in [2.05, 4.69) is 31.0 Å². The van der Waals surface area contributed by atoms with Crippen LogP contribution in [-0.4, -0.2) is 17.6 Å². The molecule has 2 heterocycles. The van der Waals surface area contributed by atoms with Gasteiger partial charge in [-0.05, 0) is 48.9 Å². The molecule has 4 heteroatoms. The summed E-state index contributed by atoms with van der Waals surface area (Å²) >= 11 is 0. The molecule has 4 nitrogen and oxygen atoms in total. The van der Waals surface area contributed by atoms with Gasteiger partial charge in [0.15, 0.2) is 0 Å². The van der Waals surface area contributed by atoms with Gasteiger partial charge in [-0.3, -0.25) is 4.98 Å². The first-order valence-corrected chi connectivity index (χ1v) is 9.25. The molecule has 1 aromatic carbocycles. The third kappa shape index (κ3) is 3.49. The summed E-state index contributed by atoms with van der Waals surface area (Å²) in [5.74, 6) is 2.92. The lowest BCUT2D eigenvalue weighted by Crippen LogP contribution is -2.29. The summed E-state index contributed by atoms with van der Waals surface area (Å²) < 4.78 is 12.3. The molecule has 1 aliphatic carbocycles. The normalized spacial score (nSPS) is 19.8. The number of hydrogen-bond acceptors (Lipinski definition) is 4. The molecule has 4 rings (SSSR count). The summed E-state index contributed by atoms with van der Waals surface area (Å²) in [6, 6.07) is 8.25. The standard InChI is InChI=1S/C21H26N2O2/c1-13(2)9-15(22)12-24-16-5-6-18-17-7-8-23-11-19(17)21(14-3-4-14)25-20(18)10-16/h5-8,10-11,13-15,21H,3-4,9,12,22H2,1-2H3. The molecule has 1 fully saturated rings. The lowest BCUT2D eigenvalue weighted by atomic mass is 9.92. The van der Waals surface area contributed by atoms with E-state index in [1.165, 1.54) is 24.0 Å². The Bertz CT molecular complexity index is 755. The van der Waals surface area contributed by atoms with E-state index in [0.29, 0.717) is 18.4 Å². The van der Waals surface area contributed by atoms with Gasteiger partial charge in [0.05, 0.1) is 0 Å². The summed E-state index contributed by atoms with van der Waals surface area (Å²) in [5.41, 5.74) is 9.69. The van der Waals surface area contributed by atoms with Crippen molar-refractivity contribution in [3.8, 4) is 22.6 Å². The van der Waals surface area contributed by atoms with Crippen molar-refractivity contribution in [2.45, 2.75) is 45.3 Å². The number of benzene rings is 1. The van der Waals surface area contributed by atoms with Crippen LogP contribution in [0.15, 0.2) is 36.7 Å². The number of fused-ring (bicyclic) bond motifs is 3. The number of ether oxygens (including phenoxy) is 2. The minimum atomic E-state index is 0.0583. The van der Waals surface area contributed by atoms with Gasteiger partial charge in [-0.2, -0.15) is 0 Å². The Labute approximate surface area is 149 Å². The van der Waals surface area contributed by atoms with Crippen molar-refractivity contribution in [1.82, 2.24) is 4.98 Å². The van der Waals surface area contributed by atoms with Crippen molar-refractivity contribution in [3.05, 3.63) is 42.2 Å². The van der Waals surface area contributed by atoms with E-state index in [4.69, 9.17) is 15.2 Å². The van der Waals surface area contributed by atoms with Crippen LogP contribution < -0.4 is 15.2 Å². The van der Waals surface area contributed by atoms with Crippen LogP contribution in [0.3, 0.4) is 0 Å². The van der Waals surface area contributed by atoms with E-state index < -0.39 is 0 Å². The van der Waals surface area contributed by atoms with Gasteiger partial charge < -0.3 is 15.2 Å². The summed E-state index contributed by atoms with van der Waals surface area (Å²) in [5, 5.41) is 0. The maximum Gasteiger partial charge on any atom is 0.131 e. The smallest absolute Gasteiger partial charge is 0.131 e. The molecule has 2 aliphatic rings. The molecule has 25 heavy (non-hydrogen) atoms. The summed E-state index contributed by atoms with van der Waals surface area (Å²) in [7, 11) is 0. The fourth-order valence-corrected chi connectivity index (χ4v) is 3.62. The second-order valence-corrected chi connectivity index (χ2v) is 7.70. The highest BCUT2D eigenvalue weighted by atomic mass is 16.5. The second-order valence-electron chi connectivity index (χ2n) is 7.70. The molecule has 1 aromatic heterocycles.